The molecule has 0 spiro atoms. The van der Waals surface area contributed by atoms with Gasteiger partial charge in [0.05, 0.1) is 5.69 Å². The van der Waals surface area contributed by atoms with Crippen molar-refractivity contribution >= 4 is 5.82 Å². The summed E-state index contributed by atoms with van der Waals surface area (Å²) >= 11 is 0. The van der Waals surface area contributed by atoms with Crippen molar-refractivity contribution in [3.63, 3.8) is 0 Å². The van der Waals surface area contributed by atoms with E-state index in [4.69, 9.17) is 0 Å². The van der Waals surface area contributed by atoms with Gasteiger partial charge in [0.2, 0.25) is 0 Å². The summed E-state index contributed by atoms with van der Waals surface area (Å²) in [6.07, 6.45) is 8.46. The molecule has 27 heavy (non-hydrogen) atoms. The van der Waals surface area contributed by atoms with Crippen LogP contribution in [0.5, 0.6) is 0 Å². The SMILES string of the molecule is CCCCCCc1cc(-c2ccccc2)nnc1NCC(CCC)N(C)C. The molecule has 1 aromatic heterocycles. The van der Waals surface area contributed by atoms with Gasteiger partial charge in [-0.1, -0.05) is 69.9 Å². The lowest BCUT2D eigenvalue weighted by Crippen LogP contribution is -2.34. The molecule has 0 aliphatic carbocycles. The molecule has 148 valence electrons. The number of likely N-dealkylation sites (N-methyl/N-ethyl adjacent to an activating group) is 1. The van der Waals surface area contributed by atoms with Crippen LogP contribution in [0.3, 0.4) is 0 Å². The quantitative estimate of drug-likeness (QED) is 0.509. The average Bonchev–Trinajstić information content (AvgIpc) is 2.69. The molecule has 2 aromatic rings. The molecular weight excluding hydrogens is 332 g/mol. The van der Waals surface area contributed by atoms with Gasteiger partial charge in [-0.05, 0) is 45.0 Å². The summed E-state index contributed by atoms with van der Waals surface area (Å²) in [5.74, 6) is 0.953. The number of aromatic nitrogens is 2. The highest BCUT2D eigenvalue weighted by atomic mass is 15.2. The molecule has 2 rings (SSSR count). The summed E-state index contributed by atoms with van der Waals surface area (Å²) in [4.78, 5) is 2.29. The predicted octanol–water partition coefficient (Wildman–Crippen LogP) is 5.41. The first kappa shape index (κ1) is 21.4. The van der Waals surface area contributed by atoms with Crippen LogP contribution in [0, 0.1) is 0 Å². The molecule has 1 atom stereocenters. The number of benzene rings is 1. The third-order valence-corrected chi connectivity index (χ3v) is 5.10. The molecule has 0 bridgehead atoms. The fourth-order valence-electron chi connectivity index (χ4n) is 3.35. The van der Waals surface area contributed by atoms with Crippen LogP contribution in [0.15, 0.2) is 36.4 Å². The van der Waals surface area contributed by atoms with E-state index in [9.17, 15) is 0 Å². The van der Waals surface area contributed by atoms with Crippen molar-refractivity contribution in [2.45, 2.75) is 64.8 Å². The smallest absolute Gasteiger partial charge is 0.151 e. The van der Waals surface area contributed by atoms with Gasteiger partial charge in [-0.2, -0.15) is 0 Å². The summed E-state index contributed by atoms with van der Waals surface area (Å²) < 4.78 is 0. The van der Waals surface area contributed by atoms with Crippen LogP contribution in [-0.4, -0.2) is 41.8 Å². The molecule has 1 unspecified atom stereocenters. The molecule has 1 aromatic carbocycles. The second-order valence-electron chi connectivity index (χ2n) is 7.57. The Morgan fingerprint density at radius 1 is 0.963 bits per heavy atom. The minimum Gasteiger partial charge on any atom is -0.367 e. The topological polar surface area (TPSA) is 41.1 Å². The molecule has 0 aliphatic rings. The summed E-state index contributed by atoms with van der Waals surface area (Å²) in [7, 11) is 4.30. The first-order chi connectivity index (χ1) is 13.2. The lowest BCUT2D eigenvalue weighted by molar-refractivity contribution is 0.288. The Morgan fingerprint density at radius 2 is 1.74 bits per heavy atom. The maximum absolute atomic E-state index is 4.57. The Hall–Kier alpha value is -1.94. The van der Waals surface area contributed by atoms with Crippen LogP contribution >= 0.6 is 0 Å². The van der Waals surface area contributed by atoms with Crippen molar-refractivity contribution < 1.29 is 0 Å². The van der Waals surface area contributed by atoms with Gasteiger partial charge in [0.15, 0.2) is 5.82 Å². The maximum Gasteiger partial charge on any atom is 0.151 e. The van der Waals surface area contributed by atoms with Crippen LogP contribution in [0.2, 0.25) is 0 Å². The lowest BCUT2D eigenvalue weighted by atomic mass is 10.0. The Kier molecular flexibility index (Phi) is 9.26. The second-order valence-corrected chi connectivity index (χ2v) is 7.57. The van der Waals surface area contributed by atoms with Gasteiger partial charge < -0.3 is 10.2 Å². The van der Waals surface area contributed by atoms with Crippen LogP contribution in [0.25, 0.3) is 11.3 Å². The highest BCUT2D eigenvalue weighted by molar-refractivity contribution is 5.61. The highest BCUT2D eigenvalue weighted by Crippen LogP contribution is 2.23. The zero-order valence-corrected chi connectivity index (χ0v) is 17.5. The number of rotatable bonds is 12. The number of unbranched alkanes of at least 4 members (excludes halogenated alkanes) is 3. The van der Waals surface area contributed by atoms with Gasteiger partial charge in [0, 0.05) is 18.2 Å². The van der Waals surface area contributed by atoms with Crippen molar-refractivity contribution in [1.82, 2.24) is 15.1 Å². The van der Waals surface area contributed by atoms with E-state index in [-0.39, 0.29) is 0 Å². The van der Waals surface area contributed by atoms with E-state index in [2.05, 4.69) is 78.7 Å². The Labute approximate surface area is 165 Å². The highest BCUT2D eigenvalue weighted by Gasteiger charge is 2.13. The van der Waals surface area contributed by atoms with E-state index < -0.39 is 0 Å². The fourth-order valence-corrected chi connectivity index (χ4v) is 3.35. The minimum atomic E-state index is 0.513. The van der Waals surface area contributed by atoms with Crippen LogP contribution in [0.4, 0.5) is 5.82 Å². The van der Waals surface area contributed by atoms with E-state index in [1.807, 2.05) is 6.07 Å². The molecule has 0 saturated heterocycles. The second kappa shape index (κ2) is 11.7. The Bertz CT molecular complexity index is 655. The molecule has 1 N–H and O–H groups in total. The lowest BCUT2D eigenvalue weighted by Gasteiger charge is -2.25. The Balaban J connectivity index is 2.15. The van der Waals surface area contributed by atoms with Gasteiger partial charge in [0.1, 0.15) is 0 Å². The standard InChI is InChI=1S/C23H36N4/c1-5-7-8-10-16-20-17-22(19-14-11-9-12-15-19)25-26-23(20)24-18-21(13-6-2)27(3)4/h9,11-12,14-15,17,21H,5-8,10,13,16,18H2,1-4H3,(H,24,26). The van der Waals surface area contributed by atoms with Gasteiger partial charge in [-0.3, -0.25) is 0 Å². The van der Waals surface area contributed by atoms with Crippen molar-refractivity contribution in [2.75, 3.05) is 26.0 Å². The normalized spacial score (nSPS) is 12.3. The third-order valence-electron chi connectivity index (χ3n) is 5.10. The first-order valence-electron chi connectivity index (χ1n) is 10.5. The minimum absolute atomic E-state index is 0.513. The molecule has 0 amide bonds. The first-order valence-corrected chi connectivity index (χ1v) is 10.5. The monoisotopic (exact) mass is 368 g/mol. The summed E-state index contributed by atoms with van der Waals surface area (Å²) in [6.45, 7) is 5.40. The molecule has 0 aliphatic heterocycles. The summed E-state index contributed by atoms with van der Waals surface area (Å²) in [6, 6.07) is 13.1. The van der Waals surface area contributed by atoms with Gasteiger partial charge in [-0.25, -0.2) is 0 Å². The largest absolute Gasteiger partial charge is 0.367 e. The van der Waals surface area contributed by atoms with E-state index >= 15 is 0 Å². The van der Waals surface area contributed by atoms with E-state index in [0.29, 0.717) is 6.04 Å². The van der Waals surface area contributed by atoms with Gasteiger partial charge >= 0.3 is 0 Å². The van der Waals surface area contributed by atoms with Crippen LogP contribution in [0.1, 0.15) is 57.9 Å². The van der Waals surface area contributed by atoms with Crippen molar-refractivity contribution in [1.29, 1.82) is 0 Å². The number of nitrogens with one attached hydrogen (secondary N) is 1. The maximum atomic E-state index is 4.57. The van der Waals surface area contributed by atoms with E-state index in [1.54, 1.807) is 0 Å². The van der Waals surface area contributed by atoms with Crippen molar-refractivity contribution in [2.24, 2.45) is 0 Å². The van der Waals surface area contributed by atoms with Crippen molar-refractivity contribution in [3.8, 4) is 11.3 Å². The number of hydrogen-bond donors (Lipinski definition) is 1. The molecular formula is C23H36N4. The van der Waals surface area contributed by atoms with Crippen LogP contribution < -0.4 is 5.32 Å². The number of hydrogen-bond acceptors (Lipinski definition) is 4. The molecule has 4 nitrogen and oxygen atoms in total. The summed E-state index contributed by atoms with van der Waals surface area (Å²) in [5, 5.41) is 12.6. The Morgan fingerprint density at radius 3 is 2.41 bits per heavy atom. The molecule has 4 heteroatoms. The molecule has 0 radical (unpaired) electrons. The zero-order valence-electron chi connectivity index (χ0n) is 17.5. The number of aryl methyl sites for hydroxylation is 1. The average molecular weight is 369 g/mol. The third kappa shape index (κ3) is 6.94. The molecule has 0 fully saturated rings. The van der Waals surface area contributed by atoms with E-state index in [0.717, 1.165) is 30.0 Å². The number of nitrogens with zero attached hydrogens (tertiary/aromatic N) is 3. The zero-order chi connectivity index (χ0) is 19.5. The molecule has 0 saturated carbocycles. The van der Waals surface area contributed by atoms with Gasteiger partial charge in [0.25, 0.3) is 0 Å². The van der Waals surface area contributed by atoms with Gasteiger partial charge in [-0.15, -0.1) is 10.2 Å². The number of anilines is 1. The fraction of sp³-hybridized carbons (Fsp3) is 0.565. The summed E-state index contributed by atoms with van der Waals surface area (Å²) in [5.41, 5.74) is 3.38. The van der Waals surface area contributed by atoms with Crippen LogP contribution in [-0.2, 0) is 6.42 Å². The van der Waals surface area contributed by atoms with E-state index in [1.165, 1.54) is 44.1 Å². The van der Waals surface area contributed by atoms with Crippen molar-refractivity contribution in [3.05, 3.63) is 42.0 Å². The predicted molar refractivity (Wildman–Crippen MR) is 116 cm³/mol. The molecule has 1 heterocycles.